The number of hydrogen-bond acceptors (Lipinski definition) is 5. The van der Waals surface area contributed by atoms with Gasteiger partial charge in [0.1, 0.15) is 11.9 Å². The number of anilines is 1. The molecule has 0 radical (unpaired) electrons. The fourth-order valence-corrected chi connectivity index (χ4v) is 3.58. The lowest BCUT2D eigenvalue weighted by atomic mass is 10.2. The van der Waals surface area contributed by atoms with Crippen molar-refractivity contribution >= 4 is 21.6 Å². The standard InChI is InChI=1S/C16H24N2O5S/c1-4-22-9-5-8-17-24(20,21)14-6-7-16-15(10-14)18(13(3)19)11-12(2)23-16/h6-7,10,12,17H,4-5,8-9,11H2,1-3H3. The van der Waals surface area contributed by atoms with Crippen molar-refractivity contribution in [1.82, 2.24) is 4.72 Å². The summed E-state index contributed by atoms with van der Waals surface area (Å²) >= 11 is 0. The van der Waals surface area contributed by atoms with E-state index >= 15 is 0 Å². The number of amides is 1. The van der Waals surface area contributed by atoms with Crippen LogP contribution in [0.2, 0.25) is 0 Å². The van der Waals surface area contributed by atoms with Gasteiger partial charge in [0.15, 0.2) is 0 Å². The second-order valence-electron chi connectivity index (χ2n) is 5.64. The summed E-state index contributed by atoms with van der Waals surface area (Å²) < 4.78 is 38.2. The van der Waals surface area contributed by atoms with Crippen molar-refractivity contribution in [3.8, 4) is 5.75 Å². The fourth-order valence-electron chi connectivity index (χ4n) is 2.49. The van der Waals surface area contributed by atoms with Crippen LogP contribution in [0, 0.1) is 0 Å². The van der Waals surface area contributed by atoms with Crippen molar-refractivity contribution in [2.45, 2.75) is 38.2 Å². The maximum atomic E-state index is 12.4. The van der Waals surface area contributed by atoms with Gasteiger partial charge in [-0.3, -0.25) is 4.79 Å². The maximum absolute atomic E-state index is 12.4. The van der Waals surface area contributed by atoms with Gasteiger partial charge in [-0.25, -0.2) is 13.1 Å². The Morgan fingerprint density at radius 3 is 2.88 bits per heavy atom. The minimum Gasteiger partial charge on any atom is -0.487 e. The first-order valence-electron chi connectivity index (χ1n) is 8.01. The van der Waals surface area contributed by atoms with Crippen LogP contribution in [0.25, 0.3) is 0 Å². The Kier molecular flexibility index (Phi) is 6.20. The monoisotopic (exact) mass is 356 g/mol. The zero-order valence-corrected chi connectivity index (χ0v) is 15.1. The Hall–Kier alpha value is -1.64. The SMILES string of the molecule is CCOCCCNS(=O)(=O)c1ccc2c(c1)N(C(C)=O)CC(C)O2. The first-order valence-corrected chi connectivity index (χ1v) is 9.49. The molecule has 0 saturated carbocycles. The van der Waals surface area contributed by atoms with Crippen LogP contribution in [-0.2, 0) is 19.6 Å². The number of sulfonamides is 1. The molecule has 1 aliphatic heterocycles. The van der Waals surface area contributed by atoms with E-state index in [-0.39, 0.29) is 16.9 Å². The normalized spacial score (nSPS) is 17.3. The van der Waals surface area contributed by atoms with Gasteiger partial charge >= 0.3 is 0 Å². The van der Waals surface area contributed by atoms with E-state index < -0.39 is 10.0 Å². The van der Waals surface area contributed by atoms with E-state index in [1.807, 2.05) is 13.8 Å². The zero-order valence-electron chi connectivity index (χ0n) is 14.2. The Morgan fingerprint density at radius 1 is 1.46 bits per heavy atom. The van der Waals surface area contributed by atoms with Gasteiger partial charge in [-0.05, 0) is 38.5 Å². The number of carbonyl (C=O) groups is 1. The predicted octanol–water partition coefficient (Wildman–Crippen LogP) is 1.53. The lowest BCUT2D eigenvalue weighted by Crippen LogP contribution is -2.41. The summed E-state index contributed by atoms with van der Waals surface area (Å²) in [7, 11) is -3.64. The van der Waals surface area contributed by atoms with E-state index in [0.717, 1.165) is 0 Å². The molecule has 0 aromatic heterocycles. The molecule has 24 heavy (non-hydrogen) atoms. The molecule has 8 heteroatoms. The van der Waals surface area contributed by atoms with Crippen LogP contribution in [0.4, 0.5) is 5.69 Å². The third kappa shape index (κ3) is 4.46. The van der Waals surface area contributed by atoms with Crippen LogP contribution in [0.5, 0.6) is 5.75 Å². The third-order valence-electron chi connectivity index (χ3n) is 3.64. The van der Waals surface area contributed by atoms with E-state index in [9.17, 15) is 13.2 Å². The summed E-state index contributed by atoms with van der Waals surface area (Å²) in [5.41, 5.74) is 0.484. The summed E-state index contributed by atoms with van der Waals surface area (Å²) in [4.78, 5) is 13.5. The Bertz CT molecular complexity index is 690. The lowest BCUT2D eigenvalue weighted by molar-refractivity contribution is -0.117. The van der Waals surface area contributed by atoms with Crippen molar-refractivity contribution in [1.29, 1.82) is 0 Å². The molecular weight excluding hydrogens is 332 g/mol. The number of ether oxygens (including phenoxy) is 2. The van der Waals surface area contributed by atoms with E-state index in [2.05, 4.69) is 4.72 Å². The number of rotatable bonds is 7. The van der Waals surface area contributed by atoms with Gasteiger partial charge in [-0.1, -0.05) is 0 Å². The average Bonchev–Trinajstić information content (AvgIpc) is 2.53. The van der Waals surface area contributed by atoms with Crippen LogP contribution >= 0.6 is 0 Å². The molecule has 1 heterocycles. The van der Waals surface area contributed by atoms with Crippen molar-refractivity contribution in [2.75, 3.05) is 31.2 Å². The number of carbonyl (C=O) groups excluding carboxylic acids is 1. The van der Waals surface area contributed by atoms with Gasteiger partial charge in [-0.2, -0.15) is 0 Å². The molecule has 1 N–H and O–H groups in total. The van der Waals surface area contributed by atoms with E-state index in [0.29, 0.717) is 44.2 Å². The van der Waals surface area contributed by atoms with Gasteiger partial charge in [-0.15, -0.1) is 0 Å². The molecule has 2 rings (SSSR count). The predicted molar refractivity (Wildman–Crippen MR) is 90.9 cm³/mol. The Morgan fingerprint density at radius 2 is 2.21 bits per heavy atom. The first kappa shape index (κ1) is 18.7. The molecule has 0 saturated heterocycles. The molecule has 0 aliphatic carbocycles. The summed E-state index contributed by atoms with van der Waals surface area (Å²) in [6, 6.07) is 4.56. The largest absolute Gasteiger partial charge is 0.487 e. The quantitative estimate of drug-likeness (QED) is 0.749. The number of nitrogens with one attached hydrogen (secondary N) is 1. The van der Waals surface area contributed by atoms with Crippen LogP contribution in [0.1, 0.15) is 27.2 Å². The number of benzene rings is 1. The maximum Gasteiger partial charge on any atom is 0.240 e. The molecule has 1 aromatic rings. The van der Waals surface area contributed by atoms with Gasteiger partial charge in [0.2, 0.25) is 15.9 Å². The summed E-state index contributed by atoms with van der Waals surface area (Å²) in [6.45, 7) is 7.01. The van der Waals surface area contributed by atoms with Crippen LogP contribution in [-0.4, -0.2) is 46.7 Å². The highest BCUT2D eigenvalue weighted by Crippen LogP contribution is 2.35. The van der Waals surface area contributed by atoms with E-state index in [4.69, 9.17) is 9.47 Å². The number of nitrogens with zero attached hydrogens (tertiary/aromatic N) is 1. The van der Waals surface area contributed by atoms with Gasteiger partial charge in [0.25, 0.3) is 0 Å². The molecule has 0 bridgehead atoms. The highest BCUT2D eigenvalue weighted by Gasteiger charge is 2.27. The topological polar surface area (TPSA) is 84.9 Å². The highest BCUT2D eigenvalue weighted by atomic mass is 32.2. The fraction of sp³-hybridized carbons (Fsp3) is 0.562. The van der Waals surface area contributed by atoms with E-state index in [1.54, 1.807) is 6.07 Å². The highest BCUT2D eigenvalue weighted by molar-refractivity contribution is 7.89. The molecule has 7 nitrogen and oxygen atoms in total. The first-order chi connectivity index (χ1) is 11.3. The van der Waals surface area contributed by atoms with Crippen molar-refractivity contribution in [2.24, 2.45) is 0 Å². The minimum atomic E-state index is -3.64. The van der Waals surface area contributed by atoms with Gasteiger partial charge in [0.05, 0.1) is 17.1 Å². The van der Waals surface area contributed by atoms with Crippen molar-refractivity contribution < 1.29 is 22.7 Å². The van der Waals surface area contributed by atoms with Crippen LogP contribution < -0.4 is 14.4 Å². The average molecular weight is 356 g/mol. The van der Waals surface area contributed by atoms with Crippen molar-refractivity contribution in [3.05, 3.63) is 18.2 Å². The lowest BCUT2D eigenvalue weighted by Gasteiger charge is -2.33. The van der Waals surface area contributed by atoms with Crippen molar-refractivity contribution in [3.63, 3.8) is 0 Å². The smallest absolute Gasteiger partial charge is 0.240 e. The molecule has 1 amide bonds. The molecule has 1 unspecified atom stereocenters. The molecule has 1 atom stereocenters. The second kappa shape index (κ2) is 7.96. The Balaban J connectivity index is 2.17. The van der Waals surface area contributed by atoms with Gasteiger partial charge in [0, 0.05) is 26.7 Å². The molecule has 0 fully saturated rings. The van der Waals surface area contributed by atoms with Gasteiger partial charge < -0.3 is 14.4 Å². The minimum absolute atomic E-state index is 0.113. The second-order valence-corrected chi connectivity index (χ2v) is 7.40. The molecule has 134 valence electrons. The Labute approximate surface area is 143 Å². The molecular formula is C16H24N2O5S. The zero-order chi connectivity index (χ0) is 17.7. The van der Waals surface area contributed by atoms with E-state index in [1.165, 1.54) is 24.0 Å². The third-order valence-corrected chi connectivity index (χ3v) is 5.10. The summed E-state index contributed by atoms with van der Waals surface area (Å²) in [6.07, 6.45) is 0.457. The summed E-state index contributed by atoms with van der Waals surface area (Å²) in [5.74, 6) is 0.366. The van der Waals surface area contributed by atoms with Crippen LogP contribution in [0.15, 0.2) is 23.1 Å². The molecule has 0 spiro atoms. The summed E-state index contributed by atoms with van der Waals surface area (Å²) in [5, 5.41) is 0. The molecule has 1 aromatic carbocycles. The number of fused-ring (bicyclic) bond motifs is 1. The number of hydrogen-bond donors (Lipinski definition) is 1. The van der Waals surface area contributed by atoms with Crippen LogP contribution in [0.3, 0.4) is 0 Å². The molecule has 1 aliphatic rings.